The van der Waals surface area contributed by atoms with Crippen LogP contribution in [0.25, 0.3) is 11.0 Å². The number of anilines is 1. The predicted molar refractivity (Wildman–Crippen MR) is 114 cm³/mol. The van der Waals surface area contributed by atoms with Crippen LogP contribution in [0.15, 0.2) is 74.5 Å². The summed E-state index contributed by atoms with van der Waals surface area (Å²) in [5.74, 6) is -0.648. The van der Waals surface area contributed by atoms with Crippen molar-refractivity contribution in [3.8, 4) is 0 Å². The molecular formula is C23H14BrFN2O3. The van der Waals surface area contributed by atoms with Crippen LogP contribution >= 0.6 is 15.9 Å². The van der Waals surface area contributed by atoms with E-state index in [1.165, 1.54) is 17.0 Å². The fraction of sp³-hybridized carbons (Fsp3) is 0.0870. The van der Waals surface area contributed by atoms with Gasteiger partial charge in [0.25, 0.3) is 5.91 Å². The third-order valence-corrected chi connectivity index (χ3v) is 5.64. The van der Waals surface area contributed by atoms with Gasteiger partial charge in [0.05, 0.1) is 17.0 Å². The molecule has 0 aliphatic carbocycles. The van der Waals surface area contributed by atoms with E-state index in [4.69, 9.17) is 4.42 Å². The first-order chi connectivity index (χ1) is 14.4. The second kappa shape index (κ2) is 6.88. The Bertz CT molecular complexity index is 1400. The first-order valence-corrected chi connectivity index (χ1v) is 10.0. The van der Waals surface area contributed by atoms with Gasteiger partial charge < -0.3 is 4.42 Å². The van der Waals surface area contributed by atoms with E-state index in [0.29, 0.717) is 11.4 Å². The lowest BCUT2D eigenvalue weighted by atomic mass is 9.98. The summed E-state index contributed by atoms with van der Waals surface area (Å²) in [4.78, 5) is 32.6. The normalized spacial score (nSPS) is 15.6. The zero-order valence-corrected chi connectivity index (χ0v) is 17.3. The van der Waals surface area contributed by atoms with E-state index in [1.807, 2.05) is 37.3 Å². The minimum atomic E-state index is -0.747. The molecule has 148 valence electrons. The predicted octanol–water partition coefficient (Wildman–Crippen LogP) is 5.15. The molecule has 2 aromatic heterocycles. The van der Waals surface area contributed by atoms with E-state index in [9.17, 15) is 14.0 Å². The number of carbonyl (C=O) groups excluding carboxylic acids is 1. The summed E-state index contributed by atoms with van der Waals surface area (Å²) in [5, 5.41) is 0.0978. The minimum absolute atomic E-state index is 0.0487. The molecule has 0 radical (unpaired) electrons. The van der Waals surface area contributed by atoms with Crippen molar-refractivity contribution in [3.63, 3.8) is 0 Å². The maximum atomic E-state index is 13.8. The molecule has 5 nitrogen and oxygen atoms in total. The van der Waals surface area contributed by atoms with Gasteiger partial charge in [0, 0.05) is 10.7 Å². The van der Waals surface area contributed by atoms with Gasteiger partial charge in [0.15, 0.2) is 5.43 Å². The van der Waals surface area contributed by atoms with E-state index in [1.54, 1.807) is 12.3 Å². The van der Waals surface area contributed by atoms with Gasteiger partial charge in [-0.2, -0.15) is 0 Å². The lowest BCUT2D eigenvalue weighted by Gasteiger charge is -2.24. The third-order valence-electron chi connectivity index (χ3n) is 5.14. The molecule has 5 rings (SSSR count). The molecule has 30 heavy (non-hydrogen) atoms. The Morgan fingerprint density at radius 1 is 1.10 bits per heavy atom. The van der Waals surface area contributed by atoms with Gasteiger partial charge in [-0.25, -0.2) is 9.37 Å². The number of nitrogens with zero attached hydrogens (tertiary/aromatic N) is 2. The fourth-order valence-corrected chi connectivity index (χ4v) is 4.24. The van der Waals surface area contributed by atoms with E-state index in [0.717, 1.165) is 16.1 Å². The number of halogens is 2. The summed E-state index contributed by atoms with van der Waals surface area (Å²) in [6.45, 7) is 1.90. The molecule has 4 aromatic rings. The number of aryl methyl sites for hydroxylation is 1. The van der Waals surface area contributed by atoms with Crippen molar-refractivity contribution in [3.05, 3.63) is 104 Å². The third kappa shape index (κ3) is 2.85. The van der Waals surface area contributed by atoms with Crippen molar-refractivity contribution in [2.45, 2.75) is 13.0 Å². The Morgan fingerprint density at radius 3 is 2.70 bits per heavy atom. The van der Waals surface area contributed by atoms with Crippen LogP contribution in [0.1, 0.15) is 33.3 Å². The Labute approximate surface area is 178 Å². The van der Waals surface area contributed by atoms with E-state index < -0.39 is 23.2 Å². The summed E-state index contributed by atoms with van der Waals surface area (Å²) < 4.78 is 20.4. The first kappa shape index (κ1) is 18.7. The average Bonchev–Trinajstić information content (AvgIpc) is 3.01. The number of pyridine rings is 1. The number of fused-ring (bicyclic) bond motifs is 2. The van der Waals surface area contributed by atoms with Gasteiger partial charge in [0.1, 0.15) is 17.2 Å². The number of aromatic nitrogens is 1. The smallest absolute Gasteiger partial charge is 0.296 e. The SMILES string of the molecule is Cc1ccnc(N2C(=O)c3oc4ccc(F)cc4c(=O)c3C2c2cccc(Br)c2)c1. The Morgan fingerprint density at radius 2 is 1.93 bits per heavy atom. The highest BCUT2D eigenvalue weighted by Crippen LogP contribution is 2.41. The van der Waals surface area contributed by atoms with Gasteiger partial charge in [-0.15, -0.1) is 0 Å². The number of carbonyl (C=O) groups is 1. The lowest BCUT2D eigenvalue weighted by Crippen LogP contribution is -2.30. The number of hydrogen-bond acceptors (Lipinski definition) is 4. The fourth-order valence-electron chi connectivity index (χ4n) is 3.83. The molecule has 0 saturated carbocycles. The van der Waals surface area contributed by atoms with Gasteiger partial charge in [0.2, 0.25) is 5.76 Å². The molecule has 0 fully saturated rings. The molecule has 3 heterocycles. The maximum absolute atomic E-state index is 13.8. The van der Waals surface area contributed by atoms with Gasteiger partial charge in [-0.05, 0) is 60.5 Å². The zero-order chi connectivity index (χ0) is 21.0. The van der Waals surface area contributed by atoms with Crippen LogP contribution in [0.2, 0.25) is 0 Å². The summed E-state index contributed by atoms with van der Waals surface area (Å²) in [6, 6.07) is 13.9. The first-order valence-electron chi connectivity index (χ1n) is 9.22. The quantitative estimate of drug-likeness (QED) is 0.411. The maximum Gasteiger partial charge on any atom is 0.296 e. The van der Waals surface area contributed by atoms with Crippen LogP contribution in [0.3, 0.4) is 0 Å². The van der Waals surface area contributed by atoms with Crippen LogP contribution < -0.4 is 10.3 Å². The number of rotatable bonds is 2. The number of amides is 1. The molecule has 1 aliphatic heterocycles. The molecule has 2 aromatic carbocycles. The number of benzene rings is 2. The Balaban J connectivity index is 1.84. The molecule has 0 bridgehead atoms. The molecule has 0 spiro atoms. The Kier molecular flexibility index (Phi) is 4.29. The van der Waals surface area contributed by atoms with Crippen LogP contribution in [0.4, 0.5) is 10.2 Å². The van der Waals surface area contributed by atoms with Gasteiger partial charge >= 0.3 is 0 Å². The highest BCUT2D eigenvalue weighted by atomic mass is 79.9. The zero-order valence-electron chi connectivity index (χ0n) is 15.7. The molecule has 0 N–H and O–H groups in total. The minimum Gasteiger partial charge on any atom is -0.450 e. The topological polar surface area (TPSA) is 63.4 Å². The summed E-state index contributed by atoms with van der Waals surface area (Å²) in [5.41, 5.74) is 1.55. The summed E-state index contributed by atoms with van der Waals surface area (Å²) >= 11 is 3.45. The second-order valence-electron chi connectivity index (χ2n) is 7.14. The Hall–Kier alpha value is -3.32. The second-order valence-corrected chi connectivity index (χ2v) is 8.05. The van der Waals surface area contributed by atoms with Crippen LogP contribution in [-0.2, 0) is 0 Å². The highest BCUT2D eigenvalue weighted by molar-refractivity contribution is 9.10. The van der Waals surface area contributed by atoms with Crippen molar-refractivity contribution >= 4 is 38.6 Å². The monoisotopic (exact) mass is 464 g/mol. The molecule has 1 amide bonds. The summed E-state index contributed by atoms with van der Waals surface area (Å²) in [7, 11) is 0. The van der Waals surface area contributed by atoms with Gasteiger partial charge in [-0.1, -0.05) is 28.1 Å². The van der Waals surface area contributed by atoms with E-state index in [2.05, 4.69) is 20.9 Å². The van der Waals surface area contributed by atoms with Crippen molar-refractivity contribution in [2.75, 3.05) is 4.90 Å². The van der Waals surface area contributed by atoms with Gasteiger partial charge in [-0.3, -0.25) is 14.5 Å². The van der Waals surface area contributed by atoms with Crippen molar-refractivity contribution in [1.82, 2.24) is 4.98 Å². The average molecular weight is 465 g/mol. The molecule has 1 atom stereocenters. The van der Waals surface area contributed by atoms with Crippen molar-refractivity contribution in [2.24, 2.45) is 0 Å². The van der Waals surface area contributed by atoms with E-state index in [-0.39, 0.29) is 22.3 Å². The molecule has 1 unspecified atom stereocenters. The standard InChI is InChI=1S/C23H14BrFN2O3/c1-12-7-8-26-18(9-12)27-20(13-3-2-4-14(24)10-13)19-21(28)16-11-15(25)5-6-17(16)30-22(19)23(27)29/h2-11,20H,1H3. The molecule has 1 aliphatic rings. The summed E-state index contributed by atoms with van der Waals surface area (Å²) in [6.07, 6.45) is 1.61. The highest BCUT2D eigenvalue weighted by Gasteiger charge is 2.44. The molecule has 0 saturated heterocycles. The van der Waals surface area contributed by atoms with Crippen LogP contribution in [0, 0.1) is 12.7 Å². The van der Waals surface area contributed by atoms with Crippen LogP contribution in [0.5, 0.6) is 0 Å². The molecule has 7 heteroatoms. The van der Waals surface area contributed by atoms with Crippen LogP contribution in [-0.4, -0.2) is 10.9 Å². The van der Waals surface area contributed by atoms with Crippen molar-refractivity contribution in [1.29, 1.82) is 0 Å². The number of hydrogen-bond donors (Lipinski definition) is 0. The lowest BCUT2D eigenvalue weighted by molar-refractivity contribution is 0.0970. The van der Waals surface area contributed by atoms with Crippen molar-refractivity contribution < 1.29 is 13.6 Å². The van der Waals surface area contributed by atoms with E-state index >= 15 is 0 Å². The largest absolute Gasteiger partial charge is 0.450 e. The molecular weight excluding hydrogens is 451 g/mol.